The van der Waals surface area contributed by atoms with Crippen LogP contribution in [0.4, 0.5) is 4.39 Å². The molecule has 0 fully saturated rings. The highest BCUT2D eigenvalue weighted by Gasteiger charge is 2.16. The van der Waals surface area contributed by atoms with Crippen LogP contribution >= 0.6 is 27.5 Å². The summed E-state index contributed by atoms with van der Waals surface area (Å²) in [5.74, 6) is -1.53. The van der Waals surface area contributed by atoms with Crippen molar-refractivity contribution < 1.29 is 14.3 Å². The molecular formula is C14H7BrClFN2O2. The van der Waals surface area contributed by atoms with Crippen LogP contribution in [-0.2, 0) is 0 Å². The van der Waals surface area contributed by atoms with Gasteiger partial charge in [-0.05, 0) is 40.2 Å². The third kappa shape index (κ3) is 2.30. The SMILES string of the molecule is O=C(O)c1cccc2c1ncn2-c1c(Cl)cc(F)cc1Br. The Balaban J connectivity index is 2.33. The highest BCUT2D eigenvalue weighted by Crippen LogP contribution is 2.32. The fraction of sp³-hybridized carbons (Fsp3) is 0. The lowest BCUT2D eigenvalue weighted by atomic mass is 10.2. The molecule has 0 saturated carbocycles. The summed E-state index contributed by atoms with van der Waals surface area (Å²) in [7, 11) is 0. The van der Waals surface area contributed by atoms with Crippen molar-refractivity contribution in [3.8, 4) is 5.69 Å². The number of aromatic carboxylic acids is 1. The Morgan fingerprint density at radius 3 is 2.81 bits per heavy atom. The minimum Gasteiger partial charge on any atom is -0.478 e. The van der Waals surface area contributed by atoms with Crippen LogP contribution < -0.4 is 0 Å². The van der Waals surface area contributed by atoms with Crippen molar-refractivity contribution in [2.24, 2.45) is 0 Å². The first-order chi connectivity index (χ1) is 9.99. The Hall–Kier alpha value is -1.92. The molecule has 0 unspecified atom stereocenters. The van der Waals surface area contributed by atoms with Crippen molar-refractivity contribution in [1.29, 1.82) is 0 Å². The van der Waals surface area contributed by atoms with Crippen LogP contribution in [-0.4, -0.2) is 20.6 Å². The van der Waals surface area contributed by atoms with E-state index >= 15 is 0 Å². The monoisotopic (exact) mass is 368 g/mol. The maximum atomic E-state index is 13.3. The Morgan fingerprint density at radius 1 is 1.38 bits per heavy atom. The molecular weight excluding hydrogens is 363 g/mol. The lowest BCUT2D eigenvalue weighted by Gasteiger charge is -2.10. The number of carboxylic acid groups (broad SMARTS) is 1. The topological polar surface area (TPSA) is 55.1 Å². The first-order valence-electron chi connectivity index (χ1n) is 5.83. The van der Waals surface area contributed by atoms with Crippen molar-refractivity contribution in [1.82, 2.24) is 9.55 Å². The molecule has 2 aromatic carbocycles. The first-order valence-corrected chi connectivity index (χ1v) is 7.00. The zero-order valence-corrected chi connectivity index (χ0v) is 12.7. The summed E-state index contributed by atoms with van der Waals surface area (Å²) in [6, 6.07) is 7.29. The molecule has 1 heterocycles. The second kappa shape index (κ2) is 5.13. The lowest BCUT2D eigenvalue weighted by molar-refractivity contribution is 0.0699. The van der Waals surface area contributed by atoms with Gasteiger partial charge in [0.2, 0.25) is 0 Å². The van der Waals surface area contributed by atoms with Gasteiger partial charge in [-0.25, -0.2) is 14.2 Å². The third-order valence-corrected chi connectivity index (χ3v) is 3.92. The number of carboxylic acids is 1. The fourth-order valence-electron chi connectivity index (χ4n) is 2.15. The maximum Gasteiger partial charge on any atom is 0.337 e. The van der Waals surface area contributed by atoms with Crippen molar-refractivity contribution in [3.05, 3.63) is 57.5 Å². The molecule has 1 aromatic heterocycles. The minimum absolute atomic E-state index is 0.0978. The number of para-hydroxylation sites is 1. The van der Waals surface area contributed by atoms with Gasteiger partial charge in [0.05, 0.1) is 21.8 Å². The smallest absolute Gasteiger partial charge is 0.337 e. The molecule has 21 heavy (non-hydrogen) atoms. The molecule has 0 spiro atoms. The van der Waals surface area contributed by atoms with Gasteiger partial charge in [-0.1, -0.05) is 17.7 Å². The number of carbonyl (C=O) groups is 1. The number of fused-ring (bicyclic) bond motifs is 1. The molecule has 0 atom stereocenters. The average Bonchev–Trinajstić information content (AvgIpc) is 2.81. The van der Waals surface area contributed by atoms with E-state index in [-0.39, 0.29) is 10.6 Å². The Kier molecular flexibility index (Phi) is 3.43. The van der Waals surface area contributed by atoms with Crippen LogP contribution in [0.25, 0.3) is 16.7 Å². The van der Waals surface area contributed by atoms with Gasteiger partial charge in [-0.2, -0.15) is 0 Å². The lowest BCUT2D eigenvalue weighted by Crippen LogP contribution is -1.99. The van der Waals surface area contributed by atoms with Gasteiger partial charge < -0.3 is 5.11 Å². The molecule has 3 aromatic rings. The minimum atomic E-state index is -1.06. The van der Waals surface area contributed by atoms with Crippen LogP contribution in [0.2, 0.25) is 5.02 Å². The van der Waals surface area contributed by atoms with Crippen LogP contribution in [0.3, 0.4) is 0 Å². The molecule has 7 heteroatoms. The Bertz CT molecular complexity index is 856. The Labute approximate surface area is 131 Å². The largest absolute Gasteiger partial charge is 0.478 e. The Morgan fingerprint density at radius 2 is 2.14 bits per heavy atom. The maximum absolute atomic E-state index is 13.3. The molecule has 4 nitrogen and oxygen atoms in total. The fourth-order valence-corrected chi connectivity index (χ4v) is 3.19. The second-order valence-electron chi connectivity index (χ2n) is 4.31. The number of hydrogen-bond acceptors (Lipinski definition) is 2. The van der Waals surface area contributed by atoms with Gasteiger partial charge in [0.15, 0.2) is 0 Å². The summed E-state index contributed by atoms with van der Waals surface area (Å²) in [5, 5.41) is 9.37. The van der Waals surface area contributed by atoms with Gasteiger partial charge in [0, 0.05) is 4.47 Å². The molecule has 0 bridgehead atoms. The molecule has 0 radical (unpaired) electrons. The van der Waals surface area contributed by atoms with E-state index in [2.05, 4.69) is 20.9 Å². The molecule has 0 aliphatic carbocycles. The van der Waals surface area contributed by atoms with E-state index in [1.807, 2.05) is 0 Å². The van der Waals surface area contributed by atoms with Crippen molar-refractivity contribution >= 4 is 44.5 Å². The van der Waals surface area contributed by atoms with Crippen LogP contribution in [0.5, 0.6) is 0 Å². The molecule has 0 aliphatic rings. The molecule has 106 valence electrons. The molecule has 3 rings (SSSR count). The first kappa shape index (κ1) is 14.0. The number of imidazole rings is 1. The van der Waals surface area contributed by atoms with Gasteiger partial charge in [-0.3, -0.25) is 4.57 Å². The highest BCUT2D eigenvalue weighted by molar-refractivity contribution is 9.10. The number of halogens is 3. The van der Waals surface area contributed by atoms with E-state index in [4.69, 9.17) is 11.6 Å². The summed E-state index contributed by atoms with van der Waals surface area (Å²) >= 11 is 9.36. The number of hydrogen-bond donors (Lipinski definition) is 1. The quantitative estimate of drug-likeness (QED) is 0.733. The molecule has 1 N–H and O–H groups in total. The molecule has 0 saturated heterocycles. The molecule has 0 aliphatic heterocycles. The van der Waals surface area contributed by atoms with Crippen molar-refractivity contribution in [2.75, 3.05) is 0 Å². The van der Waals surface area contributed by atoms with Gasteiger partial charge in [0.25, 0.3) is 0 Å². The van der Waals surface area contributed by atoms with E-state index in [1.54, 1.807) is 16.7 Å². The summed E-state index contributed by atoms with van der Waals surface area (Å²) in [4.78, 5) is 15.3. The van der Waals surface area contributed by atoms with E-state index in [0.29, 0.717) is 21.2 Å². The second-order valence-corrected chi connectivity index (χ2v) is 5.57. The summed E-state index contributed by atoms with van der Waals surface area (Å²) in [5.41, 5.74) is 1.52. The third-order valence-electron chi connectivity index (χ3n) is 3.03. The normalized spacial score (nSPS) is 11.0. The van der Waals surface area contributed by atoms with E-state index in [1.165, 1.54) is 24.5 Å². The molecule has 0 amide bonds. The zero-order valence-electron chi connectivity index (χ0n) is 10.3. The average molecular weight is 370 g/mol. The predicted octanol–water partition coefficient (Wildman–Crippen LogP) is 4.28. The number of benzene rings is 2. The standard InChI is InChI=1S/C14H7BrClFN2O2/c15-9-4-7(17)5-10(16)13(9)19-6-18-12-8(14(20)21)2-1-3-11(12)19/h1-6H,(H,20,21). The zero-order chi connectivity index (χ0) is 15.1. The van der Waals surface area contributed by atoms with Crippen molar-refractivity contribution in [2.45, 2.75) is 0 Å². The number of rotatable bonds is 2. The predicted molar refractivity (Wildman–Crippen MR) is 80.7 cm³/mol. The summed E-state index contributed by atoms with van der Waals surface area (Å²) in [6.07, 6.45) is 1.46. The number of aromatic nitrogens is 2. The van der Waals surface area contributed by atoms with Gasteiger partial charge in [-0.15, -0.1) is 0 Å². The van der Waals surface area contributed by atoms with Gasteiger partial charge >= 0.3 is 5.97 Å². The number of nitrogens with zero attached hydrogens (tertiary/aromatic N) is 2. The van der Waals surface area contributed by atoms with Crippen LogP contribution in [0.15, 0.2) is 41.1 Å². The van der Waals surface area contributed by atoms with Gasteiger partial charge in [0.1, 0.15) is 17.7 Å². The van der Waals surface area contributed by atoms with E-state index in [9.17, 15) is 14.3 Å². The van der Waals surface area contributed by atoms with Crippen LogP contribution in [0, 0.1) is 5.82 Å². The van der Waals surface area contributed by atoms with E-state index < -0.39 is 11.8 Å². The van der Waals surface area contributed by atoms with Crippen molar-refractivity contribution in [3.63, 3.8) is 0 Å². The van der Waals surface area contributed by atoms with Crippen LogP contribution in [0.1, 0.15) is 10.4 Å². The summed E-state index contributed by atoms with van der Waals surface area (Å²) in [6.45, 7) is 0. The highest BCUT2D eigenvalue weighted by atomic mass is 79.9. The van der Waals surface area contributed by atoms with E-state index in [0.717, 1.165) is 0 Å². The summed E-state index contributed by atoms with van der Waals surface area (Å²) < 4.78 is 15.4.